The molecule has 1 saturated carbocycles. The molecule has 0 bridgehead atoms. The molecule has 0 heterocycles. The minimum Gasteiger partial charge on any atom is -0.480 e. The van der Waals surface area contributed by atoms with Crippen molar-refractivity contribution < 1.29 is 9.90 Å². The summed E-state index contributed by atoms with van der Waals surface area (Å²) in [5.41, 5.74) is 0. The van der Waals surface area contributed by atoms with Crippen molar-refractivity contribution in [1.82, 2.24) is 0 Å². The molecule has 1 aliphatic rings. The van der Waals surface area contributed by atoms with Crippen molar-refractivity contribution in [3.05, 3.63) is 0 Å². The third-order valence-corrected chi connectivity index (χ3v) is 5.24. The zero-order valence-corrected chi connectivity index (χ0v) is 13.1. The van der Waals surface area contributed by atoms with E-state index in [4.69, 9.17) is 5.11 Å². The van der Waals surface area contributed by atoms with Crippen molar-refractivity contribution in [3.8, 4) is 0 Å². The number of hydrogen-bond acceptors (Lipinski definition) is 1. The van der Waals surface area contributed by atoms with E-state index in [9.17, 15) is 4.79 Å². The number of halogens is 2. The first-order valence-electron chi connectivity index (χ1n) is 3.64. The van der Waals surface area contributed by atoms with Gasteiger partial charge in [0.1, 0.15) is 4.32 Å². The normalized spacial score (nSPS) is 35.3. The van der Waals surface area contributed by atoms with Crippen molar-refractivity contribution in [2.45, 2.75) is 34.8 Å². The minimum atomic E-state index is -0.751. The fourth-order valence-electron chi connectivity index (χ4n) is 1.33. The van der Waals surface area contributed by atoms with Gasteiger partial charge in [0, 0.05) is 30.7 Å². The van der Waals surface area contributed by atoms with Crippen LogP contribution in [0.15, 0.2) is 0 Å². The number of rotatable bonds is 1. The molecular formula is C7H10Br2InO2. The number of aliphatic carboxylic acids is 1. The van der Waals surface area contributed by atoms with Crippen LogP contribution in [0.25, 0.3) is 0 Å². The Hall–Kier alpha value is 1.30. The molecule has 67 valence electrons. The third kappa shape index (κ3) is 2.64. The van der Waals surface area contributed by atoms with E-state index < -0.39 is 10.3 Å². The van der Waals surface area contributed by atoms with E-state index in [0.717, 1.165) is 25.7 Å². The van der Waals surface area contributed by atoms with Gasteiger partial charge in [-0.15, -0.1) is 0 Å². The number of carboxylic acids is 1. The number of carboxylic acid groups (broad SMARTS) is 1. The van der Waals surface area contributed by atoms with E-state index in [1.165, 1.54) is 0 Å². The number of carbonyl (C=O) groups is 1. The molecule has 3 radical (unpaired) electrons. The van der Waals surface area contributed by atoms with Crippen LogP contribution in [0.4, 0.5) is 0 Å². The molecule has 5 heteroatoms. The smallest absolute Gasteiger partial charge is 0.321 e. The Bertz CT molecular complexity index is 177. The van der Waals surface area contributed by atoms with E-state index >= 15 is 0 Å². The van der Waals surface area contributed by atoms with Gasteiger partial charge in [-0.05, 0) is 12.8 Å². The van der Waals surface area contributed by atoms with E-state index in [0.29, 0.717) is 0 Å². The molecule has 2 unspecified atom stereocenters. The van der Waals surface area contributed by atoms with Crippen LogP contribution >= 0.6 is 31.9 Å². The van der Waals surface area contributed by atoms with Crippen molar-refractivity contribution in [3.63, 3.8) is 0 Å². The van der Waals surface area contributed by atoms with Crippen LogP contribution in [0.2, 0.25) is 0 Å². The minimum absolute atomic E-state index is 0. The summed E-state index contributed by atoms with van der Waals surface area (Å²) in [6, 6.07) is 0. The fourth-order valence-corrected chi connectivity index (χ4v) is 2.59. The van der Waals surface area contributed by atoms with Crippen molar-refractivity contribution in [1.29, 1.82) is 0 Å². The zero-order chi connectivity index (χ0) is 8.48. The van der Waals surface area contributed by atoms with Crippen LogP contribution in [0.1, 0.15) is 25.7 Å². The van der Waals surface area contributed by atoms with Crippen molar-refractivity contribution in [2.75, 3.05) is 0 Å². The molecule has 0 saturated heterocycles. The zero-order valence-electron chi connectivity index (χ0n) is 6.59. The van der Waals surface area contributed by atoms with Crippen LogP contribution in [-0.4, -0.2) is 46.1 Å². The van der Waals surface area contributed by atoms with Crippen molar-refractivity contribution >= 4 is 63.7 Å². The standard InChI is InChI=1S/C7H10Br2O2.In/c8-5-3-1-2-4-7(5,9)6(10)11;/h5H,1-4H2,(H,10,11);. The molecule has 2 nitrogen and oxygen atoms in total. The number of alkyl halides is 2. The second kappa shape index (κ2) is 5.25. The fraction of sp³-hybridized carbons (Fsp3) is 0.857. The van der Waals surface area contributed by atoms with Gasteiger partial charge < -0.3 is 5.11 Å². The molecular weight excluding hydrogens is 391 g/mol. The van der Waals surface area contributed by atoms with E-state index in [2.05, 4.69) is 31.9 Å². The first kappa shape index (κ1) is 13.3. The predicted molar refractivity (Wildman–Crippen MR) is 56.2 cm³/mol. The van der Waals surface area contributed by atoms with Crippen LogP contribution in [0, 0.1) is 0 Å². The average molecular weight is 401 g/mol. The molecule has 0 spiro atoms. The van der Waals surface area contributed by atoms with Crippen LogP contribution < -0.4 is 0 Å². The third-order valence-electron chi connectivity index (χ3n) is 2.10. The molecule has 12 heavy (non-hydrogen) atoms. The predicted octanol–water partition coefficient (Wildman–Crippen LogP) is 2.16. The van der Waals surface area contributed by atoms with Gasteiger partial charge in [0.15, 0.2) is 0 Å². The summed E-state index contributed by atoms with van der Waals surface area (Å²) in [7, 11) is 0. The summed E-state index contributed by atoms with van der Waals surface area (Å²) >= 11 is 6.66. The first-order chi connectivity index (χ1) is 5.07. The topological polar surface area (TPSA) is 37.3 Å². The van der Waals surface area contributed by atoms with Gasteiger partial charge in [-0.1, -0.05) is 44.7 Å². The molecule has 1 N–H and O–H groups in total. The van der Waals surface area contributed by atoms with E-state index in [-0.39, 0.29) is 30.7 Å². The SMILES string of the molecule is O=C(O)C1(Br)CCCCC1Br.[In]. The molecule has 0 aromatic heterocycles. The van der Waals surface area contributed by atoms with Gasteiger partial charge >= 0.3 is 5.97 Å². The monoisotopic (exact) mass is 399 g/mol. The Morgan fingerprint density at radius 3 is 2.42 bits per heavy atom. The second-order valence-corrected chi connectivity index (χ2v) is 5.40. The van der Waals surface area contributed by atoms with Gasteiger partial charge in [0.25, 0.3) is 0 Å². The van der Waals surface area contributed by atoms with Gasteiger partial charge in [-0.25, -0.2) is 0 Å². The van der Waals surface area contributed by atoms with Crippen LogP contribution in [0.3, 0.4) is 0 Å². The molecule has 0 aliphatic heterocycles. The molecule has 1 fully saturated rings. The second-order valence-electron chi connectivity index (χ2n) is 2.88. The van der Waals surface area contributed by atoms with Gasteiger partial charge in [-0.2, -0.15) is 0 Å². The molecule has 1 aliphatic carbocycles. The van der Waals surface area contributed by atoms with E-state index in [1.807, 2.05) is 0 Å². The maximum atomic E-state index is 10.8. The summed E-state index contributed by atoms with van der Waals surface area (Å²) in [5, 5.41) is 8.89. The van der Waals surface area contributed by atoms with Crippen LogP contribution in [0.5, 0.6) is 0 Å². The van der Waals surface area contributed by atoms with Gasteiger partial charge in [0.2, 0.25) is 0 Å². The molecule has 0 aromatic carbocycles. The Morgan fingerprint density at radius 2 is 2.08 bits per heavy atom. The molecule has 1 rings (SSSR count). The summed E-state index contributed by atoms with van der Waals surface area (Å²) in [5.74, 6) is -0.751. The summed E-state index contributed by atoms with van der Waals surface area (Å²) in [6.45, 7) is 0. The van der Waals surface area contributed by atoms with Crippen molar-refractivity contribution in [2.24, 2.45) is 0 Å². The quantitative estimate of drug-likeness (QED) is 0.685. The van der Waals surface area contributed by atoms with E-state index in [1.54, 1.807) is 0 Å². The Morgan fingerprint density at radius 1 is 1.50 bits per heavy atom. The number of hydrogen-bond donors (Lipinski definition) is 1. The first-order valence-corrected chi connectivity index (χ1v) is 5.34. The van der Waals surface area contributed by atoms with Gasteiger partial charge in [0.05, 0.1) is 0 Å². The summed E-state index contributed by atoms with van der Waals surface area (Å²) in [6.07, 6.45) is 3.78. The summed E-state index contributed by atoms with van der Waals surface area (Å²) < 4.78 is -0.717. The Kier molecular flexibility index (Phi) is 5.82. The maximum absolute atomic E-state index is 10.8. The molecule has 0 amide bonds. The largest absolute Gasteiger partial charge is 0.480 e. The average Bonchev–Trinajstić information content (AvgIpc) is 1.95. The Balaban J connectivity index is 0.00000121. The Labute approximate surface area is 108 Å². The van der Waals surface area contributed by atoms with Crippen LogP contribution in [-0.2, 0) is 4.79 Å². The summed E-state index contributed by atoms with van der Waals surface area (Å²) in [4.78, 5) is 10.9. The molecule has 0 aromatic rings. The molecule has 2 atom stereocenters. The maximum Gasteiger partial charge on any atom is 0.321 e. The van der Waals surface area contributed by atoms with Gasteiger partial charge in [-0.3, -0.25) is 4.79 Å².